The van der Waals surface area contributed by atoms with Crippen molar-refractivity contribution in [2.75, 3.05) is 18.7 Å². The molecule has 1 N–H and O–H groups in total. The van der Waals surface area contributed by atoms with E-state index in [0.29, 0.717) is 17.2 Å². The molecule has 1 aromatic heterocycles. The molecule has 20 heavy (non-hydrogen) atoms. The Bertz CT molecular complexity index is 637. The van der Waals surface area contributed by atoms with Gasteiger partial charge in [0.2, 0.25) is 6.79 Å². The molecule has 0 atom stereocenters. The maximum atomic E-state index is 11.5. The fourth-order valence-corrected chi connectivity index (χ4v) is 1.73. The molecule has 0 bridgehead atoms. The summed E-state index contributed by atoms with van der Waals surface area (Å²) in [6.07, 6.45) is 1.24. The Labute approximate surface area is 114 Å². The molecule has 2 aromatic rings. The second-order valence-corrected chi connectivity index (χ2v) is 3.95. The quantitative estimate of drug-likeness (QED) is 0.858. The number of oxazole rings is 1. The number of esters is 1. The lowest BCUT2D eigenvalue weighted by molar-refractivity contribution is 0.0519. The van der Waals surface area contributed by atoms with Gasteiger partial charge in [0, 0.05) is 11.8 Å². The van der Waals surface area contributed by atoms with Crippen LogP contribution in [0, 0.1) is 0 Å². The summed E-state index contributed by atoms with van der Waals surface area (Å²) in [5.74, 6) is 0.817. The molecule has 0 spiro atoms. The molecular weight excluding hydrogens is 264 g/mol. The van der Waals surface area contributed by atoms with Crippen LogP contribution in [-0.4, -0.2) is 24.4 Å². The molecule has 1 aliphatic heterocycles. The molecule has 0 fully saturated rings. The Morgan fingerprint density at radius 3 is 3.10 bits per heavy atom. The Morgan fingerprint density at radius 2 is 2.25 bits per heavy atom. The normalized spacial score (nSPS) is 12.2. The molecule has 0 unspecified atom stereocenters. The number of aromatic nitrogens is 1. The van der Waals surface area contributed by atoms with Gasteiger partial charge < -0.3 is 23.9 Å². The van der Waals surface area contributed by atoms with E-state index in [4.69, 9.17) is 18.6 Å². The Morgan fingerprint density at radius 1 is 1.40 bits per heavy atom. The largest absolute Gasteiger partial charge is 0.461 e. The van der Waals surface area contributed by atoms with Crippen molar-refractivity contribution in [2.24, 2.45) is 0 Å². The Balaban J connectivity index is 1.73. The van der Waals surface area contributed by atoms with Crippen molar-refractivity contribution in [2.45, 2.75) is 6.92 Å². The summed E-state index contributed by atoms with van der Waals surface area (Å²) in [6, 6.07) is 5.53. The van der Waals surface area contributed by atoms with Crippen molar-refractivity contribution in [1.29, 1.82) is 0 Å². The van der Waals surface area contributed by atoms with E-state index < -0.39 is 5.97 Å². The summed E-state index contributed by atoms with van der Waals surface area (Å²) >= 11 is 0. The number of benzene rings is 1. The van der Waals surface area contributed by atoms with Crippen LogP contribution in [0.3, 0.4) is 0 Å². The van der Waals surface area contributed by atoms with E-state index in [1.54, 1.807) is 25.1 Å². The van der Waals surface area contributed by atoms with Gasteiger partial charge in [-0.1, -0.05) is 0 Å². The third kappa shape index (κ3) is 2.37. The number of carbonyl (C=O) groups is 1. The maximum Gasteiger partial charge on any atom is 0.360 e. The molecule has 1 aliphatic rings. The smallest absolute Gasteiger partial charge is 0.360 e. The number of ether oxygens (including phenoxy) is 3. The van der Waals surface area contributed by atoms with Crippen molar-refractivity contribution >= 4 is 17.7 Å². The predicted octanol–water partition coefficient (Wildman–Crippen LogP) is 2.32. The Kier molecular flexibility index (Phi) is 3.16. The molecule has 0 saturated carbocycles. The van der Waals surface area contributed by atoms with E-state index >= 15 is 0 Å². The minimum atomic E-state index is -0.519. The molecule has 7 heteroatoms. The SMILES string of the molecule is CCOC(=O)c1coc(Nc2ccc3c(c2)OCO3)n1. The van der Waals surface area contributed by atoms with E-state index in [1.165, 1.54) is 6.26 Å². The monoisotopic (exact) mass is 276 g/mol. The van der Waals surface area contributed by atoms with Gasteiger partial charge in [0.25, 0.3) is 6.01 Å². The Hall–Kier alpha value is -2.70. The zero-order valence-electron chi connectivity index (χ0n) is 10.7. The summed E-state index contributed by atoms with van der Waals surface area (Å²) < 4.78 is 20.5. The van der Waals surface area contributed by atoms with Crippen molar-refractivity contribution in [1.82, 2.24) is 4.98 Å². The molecule has 1 aromatic carbocycles. The lowest BCUT2D eigenvalue weighted by Crippen LogP contribution is -2.04. The van der Waals surface area contributed by atoms with Crippen molar-refractivity contribution < 1.29 is 23.4 Å². The molecule has 3 rings (SSSR count). The van der Waals surface area contributed by atoms with E-state index in [1.807, 2.05) is 0 Å². The summed E-state index contributed by atoms with van der Waals surface area (Å²) in [6.45, 7) is 2.23. The van der Waals surface area contributed by atoms with Crippen LogP contribution in [0.5, 0.6) is 11.5 Å². The third-order valence-corrected chi connectivity index (χ3v) is 2.61. The van der Waals surface area contributed by atoms with E-state index in [-0.39, 0.29) is 25.1 Å². The third-order valence-electron chi connectivity index (χ3n) is 2.61. The number of rotatable bonds is 4. The highest BCUT2D eigenvalue weighted by Crippen LogP contribution is 2.34. The molecule has 0 radical (unpaired) electrons. The van der Waals surface area contributed by atoms with Gasteiger partial charge in [-0.2, -0.15) is 4.98 Å². The van der Waals surface area contributed by atoms with Crippen LogP contribution in [0.25, 0.3) is 0 Å². The molecular formula is C13H12N2O5. The minimum Gasteiger partial charge on any atom is -0.461 e. The average molecular weight is 276 g/mol. The van der Waals surface area contributed by atoms with Crippen LogP contribution in [0.15, 0.2) is 28.9 Å². The highest BCUT2D eigenvalue weighted by molar-refractivity contribution is 5.87. The van der Waals surface area contributed by atoms with Crippen LogP contribution >= 0.6 is 0 Å². The maximum absolute atomic E-state index is 11.5. The first-order valence-corrected chi connectivity index (χ1v) is 6.05. The molecule has 0 amide bonds. The standard InChI is InChI=1S/C13H12N2O5/c1-2-17-12(16)9-6-18-13(15-9)14-8-3-4-10-11(5-8)20-7-19-10/h3-6H,2,7H2,1H3,(H,14,15). The number of anilines is 2. The van der Waals surface area contributed by atoms with Crippen LogP contribution < -0.4 is 14.8 Å². The van der Waals surface area contributed by atoms with E-state index in [2.05, 4.69) is 10.3 Å². The highest BCUT2D eigenvalue weighted by atomic mass is 16.7. The number of nitrogens with zero attached hydrogens (tertiary/aromatic N) is 1. The van der Waals surface area contributed by atoms with E-state index in [9.17, 15) is 4.79 Å². The average Bonchev–Trinajstić information content (AvgIpc) is 3.07. The van der Waals surface area contributed by atoms with Crippen molar-refractivity contribution in [3.05, 3.63) is 30.2 Å². The molecule has 0 aliphatic carbocycles. The lowest BCUT2D eigenvalue weighted by Gasteiger charge is -2.02. The van der Waals surface area contributed by atoms with Gasteiger partial charge in [0.05, 0.1) is 6.61 Å². The van der Waals surface area contributed by atoms with Crippen LogP contribution in [-0.2, 0) is 4.74 Å². The van der Waals surface area contributed by atoms with Crippen LogP contribution in [0.1, 0.15) is 17.4 Å². The van der Waals surface area contributed by atoms with Gasteiger partial charge in [-0.05, 0) is 19.1 Å². The van der Waals surface area contributed by atoms with Crippen LogP contribution in [0.4, 0.5) is 11.7 Å². The second-order valence-electron chi connectivity index (χ2n) is 3.95. The van der Waals surface area contributed by atoms with Gasteiger partial charge in [-0.15, -0.1) is 0 Å². The van der Waals surface area contributed by atoms with Gasteiger partial charge in [0.15, 0.2) is 17.2 Å². The number of hydrogen-bond acceptors (Lipinski definition) is 7. The molecule has 7 nitrogen and oxygen atoms in total. The van der Waals surface area contributed by atoms with Gasteiger partial charge in [0.1, 0.15) is 6.26 Å². The first kappa shape index (κ1) is 12.3. The summed E-state index contributed by atoms with van der Waals surface area (Å²) in [5, 5.41) is 2.93. The number of carbonyl (C=O) groups excluding carboxylic acids is 1. The van der Waals surface area contributed by atoms with Crippen molar-refractivity contribution in [3.63, 3.8) is 0 Å². The second kappa shape index (κ2) is 5.12. The summed E-state index contributed by atoms with van der Waals surface area (Å²) in [4.78, 5) is 15.4. The van der Waals surface area contributed by atoms with Gasteiger partial charge in [-0.25, -0.2) is 4.79 Å². The number of nitrogens with one attached hydrogen (secondary N) is 1. The predicted molar refractivity (Wildman–Crippen MR) is 68.3 cm³/mol. The summed E-state index contributed by atoms with van der Waals surface area (Å²) in [5.41, 5.74) is 0.835. The van der Waals surface area contributed by atoms with Crippen molar-refractivity contribution in [3.8, 4) is 11.5 Å². The highest BCUT2D eigenvalue weighted by Gasteiger charge is 2.16. The molecule has 2 heterocycles. The van der Waals surface area contributed by atoms with Gasteiger partial charge >= 0.3 is 5.97 Å². The fourth-order valence-electron chi connectivity index (χ4n) is 1.73. The fraction of sp³-hybridized carbons (Fsp3) is 0.231. The topological polar surface area (TPSA) is 82.8 Å². The number of hydrogen-bond donors (Lipinski definition) is 1. The first-order valence-electron chi connectivity index (χ1n) is 6.05. The van der Waals surface area contributed by atoms with E-state index in [0.717, 1.165) is 0 Å². The van der Waals surface area contributed by atoms with Gasteiger partial charge in [-0.3, -0.25) is 0 Å². The lowest BCUT2D eigenvalue weighted by atomic mass is 10.3. The zero-order chi connectivity index (χ0) is 13.9. The van der Waals surface area contributed by atoms with Crippen LogP contribution in [0.2, 0.25) is 0 Å². The summed E-state index contributed by atoms with van der Waals surface area (Å²) in [7, 11) is 0. The minimum absolute atomic E-state index is 0.120. The molecule has 104 valence electrons. The number of fused-ring (bicyclic) bond motifs is 1. The molecule has 0 saturated heterocycles. The first-order chi connectivity index (χ1) is 9.76. The zero-order valence-corrected chi connectivity index (χ0v) is 10.7.